The van der Waals surface area contributed by atoms with Gasteiger partial charge in [-0.2, -0.15) is 17.6 Å². The zero-order valence-corrected chi connectivity index (χ0v) is 47.2. The van der Waals surface area contributed by atoms with Crippen molar-refractivity contribution in [3.05, 3.63) is 76.1 Å². The minimum Gasteiger partial charge on any atom is -0.744 e. The van der Waals surface area contributed by atoms with Gasteiger partial charge in [0.15, 0.2) is 22.5 Å². The molecule has 1 aliphatic carbocycles. The molecule has 2 aromatic carbocycles. The fourth-order valence-corrected chi connectivity index (χ4v) is 8.68. The van der Waals surface area contributed by atoms with Crippen molar-refractivity contribution in [2.24, 2.45) is 5.92 Å². The summed E-state index contributed by atoms with van der Waals surface area (Å²) in [5.74, 6) is -8.26. The first kappa shape index (κ1) is 74.0. The van der Waals surface area contributed by atoms with E-state index in [0.717, 1.165) is 26.0 Å². The molecule has 38 heteroatoms. The molecule has 12 N–H and O–H groups in total. The number of carbonyl (C=O) groups excluding carboxylic acids is 5. The number of hydrogen-bond acceptors (Lipinski definition) is 26. The number of imide groups is 1. The summed E-state index contributed by atoms with van der Waals surface area (Å²) in [6.45, 7) is 3.93. The van der Waals surface area contributed by atoms with E-state index >= 15 is 0 Å². The summed E-state index contributed by atoms with van der Waals surface area (Å²) < 4.78 is 83.8. The molecule has 7 rings (SSSR count). The number of H-pyrrole nitrogens is 1. The molecule has 3 amide bonds. The molecule has 2 aromatic heterocycles. The standard InChI is InChI=1S/C20H14N2O9S2.C8H11N5O3.C6H9NO5.C6H7NO4.C6H10O3S.2Li/c21-13-7-5-11-15(9-3-1-2-4-10(9)20(23)24)12-6-8-14(22)19(33(28,29)30)17(12)31-16(11)18(13)32(25,26)27;9-8-11-6-5(7(15)12-8)10-3-13(6)4-16-2-1-14;1-3(8)7-4(6(11)12)2-5(9)10;1-4(8)11-7-5(9)2-3-6(7)10;1-4(7)2-5(3-10)6(8)9;;/h1-8,21H,22H2,(H,23,24)(H,25,26,27)(H,28,29,30);3,14H,1-2,4H2,(H3,9,11,12,15);4H,2H2,1H3,(H,7,8)(H,9,10)(H,11,12);2-3H2,1H3;5,10H,2-3H2,1H3,(H,8,9);;/q;;;;;2*+1/p-2. The number of anilines is 2. The Morgan fingerprint density at radius 1 is 0.857 bits per heavy atom. The first-order valence-corrected chi connectivity index (χ1v) is 26.2. The molecule has 0 radical (unpaired) electrons. The predicted octanol–water partition coefficient (Wildman–Crippen LogP) is -6.29. The van der Waals surface area contributed by atoms with Crippen LogP contribution in [0, 0.1) is 11.3 Å². The van der Waals surface area contributed by atoms with Crippen molar-refractivity contribution in [3.8, 4) is 22.5 Å². The van der Waals surface area contributed by atoms with E-state index in [-0.39, 0.29) is 133 Å². The SMILES string of the molecule is CC(=O)CC(CS)C(=O)O.CC(=O)NC(CC(=O)O)C(=O)O.CC(=O)ON1C(=O)CCC1=O.N=c1ccc2c(-c3ccccc3C(=O)O)c3ccc(N)c(S(=O)(=O)[O-])c3oc-2c1S(=O)(=O)[O-].Nc1nc2c(ncn2COCCO)c(=O)[nH]1.[Li+].[Li+]. The molecule has 4 aromatic rings. The number of imidazole rings is 1. The number of Topliss-reactive ketones (excluding diaryl/α,β-unsaturated/α-hetero) is 1. The Bertz CT molecular complexity index is 3750. The van der Waals surface area contributed by atoms with Crippen LogP contribution in [0.2, 0.25) is 0 Å². The number of aliphatic carboxylic acids is 3. The number of carboxylic acid groups (broad SMARTS) is 4. The van der Waals surface area contributed by atoms with Gasteiger partial charge in [-0.15, -0.1) is 5.06 Å². The molecule has 0 saturated carbocycles. The van der Waals surface area contributed by atoms with Gasteiger partial charge in [0, 0.05) is 55.4 Å². The zero-order valence-electron chi connectivity index (χ0n) is 44.7. The third kappa shape index (κ3) is 20.7. The van der Waals surface area contributed by atoms with Crippen molar-refractivity contribution in [1.29, 1.82) is 5.41 Å². The van der Waals surface area contributed by atoms with E-state index in [2.05, 4.69) is 32.4 Å². The fraction of sp³-hybridized carbons (Fsp3) is 0.283. The van der Waals surface area contributed by atoms with Gasteiger partial charge >= 0.3 is 67.6 Å². The van der Waals surface area contributed by atoms with Gasteiger partial charge in [0.25, 0.3) is 17.4 Å². The van der Waals surface area contributed by atoms with Crippen LogP contribution in [0.25, 0.3) is 44.6 Å². The Morgan fingerprint density at radius 2 is 1.45 bits per heavy atom. The number of nitrogens with two attached hydrogens (primary N) is 2. The van der Waals surface area contributed by atoms with E-state index < -0.39 is 118 Å². The van der Waals surface area contributed by atoms with E-state index in [1.807, 2.05) is 5.32 Å². The Kier molecular flexibility index (Phi) is 28.8. The van der Waals surface area contributed by atoms with Crippen LogP contribution in [0.1, 0.15) is 56.8 Å². The number of nitrogen functional groups attached to an aromatic ring is 2. The maximum Gasteiger partial charge on any atom is 1.00 e. The number of aromatic nitrogens is 4. The third-order valence-electron chi connectivity index (χ3n) is 10.3. The zero-order chi connectivity index (χ0) is 62.1. The molecule has 4 heterocycles. The maximum atomic E-state index is 12.0. The van der Waals surface area contributed by atoms with Crippen molar-refractivity contribution >= 4 is 120 Å². The van der Waals surface area contributed by atoms with Crippen LogP contribution in [-0.2, 0) is 74.9 Å². The van der Waals surface area contributed by atoms with Crippen molar-refractivity contribution in [1.82, 2.24) is 29.9 Å². The first-order chi connectivity index (χ1) is 38.2. The molecule has 1 fully saturated rings. The van der Waals surface area contributed by atoms with Crippen LogP contribution in [0.3, 0.4) is 0 Å². The normalized spacial score (nSPS) is 12.4. The summed E-state index contributed by atoms with van der Waals surface area (Å²) in [4.78, 5) is 119. The largest absolute Gasteiger partial charge is 1.00 e. The van der Waals surface area contributed by atoms with Gasteiger partial charge < -0.3 is 70.2 Å². The molecule has 3 aliphatic rings. The summed E-state index contributed by atoms with van der Waals surface area (Å²) in [5.41, 5.74) is 9.76. The Balaban J connectivity index is 0.000000580. The predicted molar refractivity (Wildman–Crippen MR) is 278 cm³/mol. The molecule has 442 valence electrons. The number of aliphatic hydroxyl groups is 1. The van der Waals surface area contributed by atoms with Gasteiger partial charge in [0.2, 0.25) is 11.9 Å². The molecular weight excluding hydrogens is 1170 g/mol. The van der Waals surface area contributed by atoms with Gasteiger partial charge in [0.1, 0.15) is 48.6 Å². The number of carbonyl (C=O) groups is 9. The van der Waals surface area contributed by atoms with E-state index in [1.165, 1.54) is 54.2 Å². The number of rotatable bonds is 17. The van der Waals surface area contributed by atoms with E-state index in [9.17, 15) is 79.0 Å². The number of nitrogens with one attached hydrogen (secondary N) is 3. The summed E-state index contributed by atoms with van der Waals surface area (Å²) in [5, 5.41) is 52.8. The Morgan fingerprint density at radius 3 is 1.93 bits per heavy atom. The number of aliphatic hydroxyl groups excluding tert-OH is 1. The monoisotopic (exact) mass is 1220 g/mol. The average Bonchev–Trinajstić information content (AvgIpc) is 2.44. The van der Waals surface area contributed by atoms with Crippen molar-refractivity contribution in [2.75, 3.05) is 30.4 Å². The topological polar surface area (TPSA) is 556 Å². The summed E-state index contributed by atoms with van der Waals surface area (Å²) >= 11 is 3.80. The molecule has 1 saturated heterocycles. The summed E-state index contributed by atoms with van der Waals surface area (Å²) in [6.07, 6.45) is 1.16. The molecule has 33 nitrogen and oxygen atoms in total. The maximum absolute atomic E-state index is 12.0. The minimum absolute atomic E-state index is 0. The molecule has 0 bridgehead atoms. The van der Waals surface area contributed by atoms with Gasteiger partial charge in [0.05, 0.1) is 48.5 Å². The summed E-state index contributed by atoms with van der Waals surface area (Å²) in [6, 6.07) is 8.81. The molecule has 0 spiro atoms. The van der Waals surface area contributed by atoms with Crippen molar-refractivity contribution in [3.63, 3.8) is 0 Å². The number of aromatic carboxylic acids is 1. The van der Waals surface area contributed by atoms with E-state index in [0.29, 0.717) is 10.7 Å². The second-order valence-electron chi connectivity index (χ2n) is 16.5. The minimum atomic E-state index is -5.32. The average molecular weight is 1220 g/mol. The number of benzene rings is 3. The van der Waals surface area contributed by atoms with Gasteiger partial charge in [-0.3, -0.25) is 43.7 Å². The van der Waals surface area contributed by atoms with Crippen LogP contribution in [-0.4, -0.2) is 154 Å². The molecule has 2 aliphatic heterocycles. The smallest absolute Gasteiger partial charge is 0.744 e. The number of aromatic amines is 1. The number of ether oxygens (including phenoxy) is 1. The number of thiol groups is 1. The molecule has 2 unspecified atom stereocenters. The molecular formula is C46H49Li2N9O24S3. The number of fused-ring (bicyclic) bond motifs is 3. The Hall–Kier alpha value is -8.01. The number of amides is 3. The van der Waals surface area contributed by atoms with Crippen LogP contribution in [0.15, 0.2) is 73.9 Å². The first-order valence-electron chi connectivity index (χ1n) is 22.8. The van der Waals surface area contributed by atoms with Crippen LogP contribution < -0.4 is 65.4 Å². The number of hydrogen-bond donors (Lipinski definition) is 11. The number of hydroxylamine groups is 2. The quantitative estimate of drug-likeness (QED) is 0.00770. The van der Waals surface area contributed by atoms with Crippen LogP contribution >= 0.6 is 12.6 Å². The number of ketones is 1. The third-order valence-corrected chi connectivity index (χ3v) is 12.5. The van der Waals surface area contributed by atoms with Crippen molar-refractivity contribution in [2.45, 2.75) is 69.0 Å². The molecule has 84 heavy (non-hydrogen) atoms. The fourth-order valence-electron chi connectivity index (χ4n) is 6.94. The van der Waals surface area contributed by atoms with E-state index in [1.54, 1.807) is 0 Å². The van der Waals surface area contributed by atoms with Crippen molar-refractivity contribution < 1.29 is 146 Å². The number of nitrogens with zero attached hydrogens (tertiary/aromatic N) is 4. The van der Waals surface area contributed by atoms with Gasteiger partial charge in [-0.25, -0.2) is 36.2 Å². The van der Waals surface area contributed by atoms with E-state index in [4.69, 9.17) is 46.5 Å². The van der Waals surface area contributed by atoms with Gasteiger partial charge in [-0.05, 0) is 42.8 Å². The number of carboxylic acids is 4. The molecule has 2 atom stereocenters. The van der Waals surface area contributed by atoms with Crippen LogP contribution in [0.5, 0.6) is 0 Å². The second kappa shape index (κ2) is 32.7. The van der Waals surface area contributed by atoms with Gasteiger partial charge in [-0.1, -0.05) is 18.2 Å². The van der Waals surface area contributed by atoms with Crippen LogP contribution in [0.4, 0.5) is 11.6 Å². The Labute approximate surface area is 502 Å². The summed E-state index contributed by atoms with van der Waals surface area (Å²) in [7, 11) is -10.6. The second-order valence-corrected chi connectivity index (χ2v) is 19.5.